The van der Waals surface area contributed by atoms with Gasteiger partial charge in [0.15, 0.2) is 0 Å². The molecule has 0 bridgehead atoms. The van der Waals surface area contributed by atoms with E-state index in [4.69, 9.17) is 11.1 Å². The highest BCUT2D eigenvalue weighted by Gasteiger charge is 2.28. The zero-order chi connectivity index (χ0) is 15.0. The first kappa shape index (κ1) is 15.6. The molecule has 8 heteroatoms. The van der Waals surface area contributed by atoms with Crippen LogP contribution < -0.4 is 10.5 Å². The highest BCUT2D eigenvalue weighted by molar-refractivity contribution is 7.89. The minimum absolute atomic E-state index is 0.0603. The quantitative estimate of drug-likeness (QED) is 0.533. The van der Waals surface area contributed by atoms with Crippen LogP contribution in [0.3, 0.4) is 0 Å². The number of hydrogen-bond donors (Lipinski definition) is 3. The van der Waals surface area contributed by atoms with Crippen molar-refractivity contribution in [2.45, 2.75) is 32.6 Å². The topological polar surface area (TPSA) is 114 Å². The third-order valence-corrected chi connectivity index (χ3v) is 4.80. The lowest BCUT2D eigenvalue weighted by molar-refractivity contribution is 0.493. The molecule has 0 saturated heterocycles. The van der Waals surface area contributed by atoms with Crippen LogP contribution in [0.25, 0.3) is 0 Å². The van der Waals surface area contributed by atoms with Crippen molar-refractivity contribution in [3.8, 4) is 0 Å². The van der Waals surface area contributed by atoms with Crippen molar-refractivity contribution in [1.29, 1.82) is 5.41 Å². The molecule has 0 atom stereocenters. The second kappa shape index (κ2) is 4.93. The second-order valence-corrected chi connectivity index (χ2v) is 6.95. The number of nitrogens with one attached hydrogen (secondary N) is 2. The Kier molecular flexibility index (Phi) is 4.06. The smallest absolute Gasteiger partial charge is 0.244 e. The van der Waals surface area contributed by atoms with Crippen LogP contribution >= 0.6 is 0 Å². The molecule has 1 aromatic rings. The Labute approximate surface area is 113 Å². The molecule has 0 aromatic carbocycles. The number of nitrogens with two attached hydrogens (primary N) is 1. The number of aromatic nitrogens is 2. The summed E-state index contributed by atoms with van der Waals surface area (Å²) >= 11 is 0. The Morgan fingerprint density at radius 1 is 1.47 bits per heavy atom. The van der Waals surface area contributed by atoms with E-state index in [0.717, 1.165) is 0 Å². The maximum Gasteiger partial charge on any atom is 0.244 e. The standard InChI is InChI=1S/C11H21N5O2S/c1-7-9(8(2)16(5)15-7)19(17,18)14-6-11(3,4)10(12)13/h14H,6H2,1-5H3,(H3,12,13). The van der Waals surface area contributed by atoms with Crippen molar-refractivity contribution in [3.05, 3.63) is 11.4 Å². The molecule has 0 saturated carbocycles. The van der Waals surface area contributed by atoms with Crippen molar-refractivity contribution < 1.29 is 8.42 Å². The summed E-state index contributed by atoms with van der Waals surface area (Å²) in [5.41, 5.74) is 5.74. The number of nitrogens with zero attached hydrogens (tertiary/aromatic N) is 2. The van der Waals surface area contributed by atoms with Crippen LogP contribution in [0.2, 0.25) is 0 Å². The summed E-state index contributed by atoms with van der Waals surface area (Å²) in [6, 6.07) is 0. The third-order valence-electron chi connectivity index (χ3n) is 3.14. The fraction of sp³-hybridized carbons (Fsp3) is 0.636. The molecule has 0 aliphatic rings. The van der Waals surface area contributed by atoms with E-state index in [-0.39, 0.29) is 17.3 Å². The van der Waals surface area contributed by atoms with E-state index in [2.05, 4.69) is 9.82 Å². The van der Waals surface area contributed by atoms with Crippen LogP contribution in [0, 0.1) is 24.7 Å². The summed E-state index contributed by atoms with van der Waals surface area (Å²) in [6.45, 7) is 6.84. The van der Waals surface area contributed by atoms with Crippen LogP contribution in [0.4, 0.5) is 0 Å². The number of amidine groups is 1. The van der Waals surface area contributed by atoms with Gasteiger partial charge in [-0.2, -0.15) is 5.10 Å². The van der Waals surface area contributed by atoms with E-state index < -0.39 is 15.4 Å². The Morgan fingerprint density at radius 2 is 2.00 bits per heavy atom. The predicted molar refractivity (Wildman–Crippen MR) is 73.6 cm³/mol. The molecule has 0 aliphatic heterocycles. The number of rotatable bonds is 5. The molecule has 19 heavy (non-hydrogen) atoms. The van der Waals surface area contributed by atoms with Gasteiger partial charge in [-0.05, 0) is 13.8 Å². The molecular weight excluding hydrogens is 266 g/mol. The first-order chi connectivity index (χ1) is 8.49. The van der Waals surface area contributed by atoms with Gasteiger partial charge < -0.3 is 5.73 Å². The monoisotopic (exact) mass is 287 g/mol. The van der Waals surface area contributed by atoms with E-state index in [0.29, 0.717) is 11.4 Å². The average Bonchev–Trinajstić information content (AvgIpc) is 2.51. The molecule has 108 valence electrons. The highest BCUT2D eigenvalue weighted by atomic mass is 32.2. The fourth-order valence-electron chi connectivity index (χ4n) is 1.59. The average molecular weight is 287 g/mol. The van der Waals surface area contributed by atoms with Crippen LogP contribution in [-0.4, -0.2) is 30.6 Å². The summed E-state index contributed by atoms with van der Waals surface area (Å²) in [4.78, 5) is 0.189. The van der Waals surface area contributed by atoms with Crippen LogP contribution in [0.15, 0.2) is 4.90 Å². The van der Waals surface area contributed by atoms with Gasteiger partial charge in [0.1, 0.15) is 4.90 Å². The molecule has 4 N–H and O–H groups in total. The molecule has 7 nitrogen and oxygen atoms in total. The fourth-order valence-corrected chi connectivity index (χ4v) is 3.23. The molecule has 0 unspecified atom stereocenters. The second-order valence-electron chi connectivity index (χ2n) is 5.25. The van der Waals surface area contributed by atoms with E-state index in [9.17, 15) is 8.42 Å². The van der Waals surface area contributed by atoms with Crippen molar-refractivity contribution in [3.63, 3.8) is 0 Å². The highest BCUT2D eigenvalue weighted by Crippen LogP contribution is 2.20. The van der Waals surface area contributed by atoms with Crippen molar-refractivity contribution >= 4 is 15.9 Å². The molecule has 0 amide bonds. The molecular formula is C11H21N5O2S. The molecule has 1 heterocycles. The molecule has 0 spiro atoms. The van der Waals surface area contributed by atoms with E-state index >= 15 is 0 Å². The Bertz CT molecular complexity index is 601. The van der Waals surface area contributed by atoms with Crippen molar-refractivity contribution in [1.82, 2.24) is 14.5 Å². The van der Waals surface area contributed by atoms with Gasteiger partial charge in [-0.25, -0.2) is 13.1 Å². The summed E-state index contributed by atoms with van der Waals surface area (Å²) in [5.74, 6) is -0.0603. The van der Waals surface area contributed by atoms with Gasteiger partial charge in [-0.3, -0.25) is 10.1 Å². The zero-order valence-corrected chi connectivity index (χ0v) is 12.7. The number of sulfonamides is 1. The Hall–Kier alpha value is -1.41. The first-order valence-corrected chi connectivity index (χ1v) is 7.31. The van der Waals surface area contributed by atoms with Crippen molar-refractivity contribution in [2.75, 3.05) is 6.54 Å². The van der Waals surface area contributed by atoms with Crippen LogP contribution in [0.1, 0.15) is 25.2 Å². The van der Waals surface area contributed by atoms with Crippen LogP contribution in [-0.2, 0) is 17.1 Å². The Balaban J connectivity index is 3.04. The maximum atomic E-state index is 12.3. The minimum atomic E-state index is -3.65. The van der Waals surface area contributed by atoms with Gasteiger partial charge >= 0.3 is 0 Å². The van der Waals surface area contributed by atoms with Gasteiger partial charge in [0.05, 0.1) is 17.2 Å². The summed E-state index contributed by atoms with van der Waals surface area (Å²) in [6.07, 6.45) is 0. The molecule has 0 radical (unpaired) electrons. The zero-order valence-electron chi connectivity index (χ0n) is 11.9. The number of hydrogen-bond acceptors (Lipinski definition) is 4. The molecule has 0 aliphatic carbocycles. The van der Waals surface area contributed by atoms with Gasteiger partial charge in [0.2, 0.25) is 10.0 Å². The Morgan fingerprint density at radius 3 is 2.37 bits per heavy atom. The van der Waals surface area contributed by atoms with Gasteiger partial charge in [0, 0.05) is 19.0 Å². The third kappa shape index (κ3) is 3.13. The van der Waals surface area contributed by atoms with Gasteiger partial charge in [-0.15, -0.1) is 0 Å². The van der Waals surface area contributed by atoms with E-state index in [1.54, 1.807) is 34.7 Å². The molecule has 1 aromatic heterocycles. The molecule has 0 fully saturated rings. The van der Waals surface area contributed by atoms with Crippen molar-refractivity contribution in [2.24, 2.45) is 18.2 Å². The summed E-state index contributed by atoms with van der Waals surface area (Å²) in [5, 5.41) is 11.5. The lowest BCUT2D eigenvalue weighted by Gasteiger charge is -2.23. The molecule has 1 rings (SSSR count). The maximum absolute atomic E-state index is 12.3. The number of aryl methyl sites for hydroxylation is 2. The van der Waals surface area contributed by atoms with E-state index in [1.807, 2.05) is 0 Å². The summed E-state index contributed by atoms with van der Waals surface area (Å²) < 4.78 is 28.6. The van der Waals surface area contributed by atoms with Crippen LogP contribution in [0.5, 0.6) is 0 Å². The minimum Gasteiger partial charge on any atom is -0.387 e. The van der Waals surface area contributed by atoms with E-state index in [1.165, 1.54) is 4.68 Å². The lowest BCUT2D eigenvalue weighted by atomic mass is 9.93. The largest absolute Gasteiger partial charge is 0.387 e. The first-order valence-electron chi connectivity index (χ1n) is 5.83. The van der Waals surface area contributed by atoms with Gasteiger partial charge in [0.25, 0.3) is 0 Å². The predicted octanol–water partition coefficient (Wildman–Crippen LogP) is 0.277. The lowest BCUT2D eigenvalue weighted by Crippen LogP contribution is -2.42. The summed E-state index contributed by atoms with van der Waals surface area (Å²) in [7, 11) is -1.96. The van der Waals surface area contributed by atoms with Gasteiger partial charge in [-0.1, -0.05) is 13.8 Å². The SMILES string of the molecule is Cc1nn(C)c(C)c1S(=O)(=O)NCC(C)(C)C(=N)N. The normalized spacial score (nSPS) is 12.7.